The average molecular weight is 512 g/mol. The van der Waals surface area contributed by atoms with Crippen molar-refractivity contribution in [3.05, 3.63) is 11.8 Å². The third kappa shape index (κ3) is 5.62. The van der Waals surface area contributed by atoms with Crippen LogP contribution in [-0.2, 0) is 9.84 Å². The van der Waals surface area contributed by atoms with Crippen LogP contribution in [0.4, 0.5) is 0 Å². The Balaban J connectivity index is 2.43. The van der Waals surface area contributed by atoms with Crippen LogP contribution in [0.25, 0.3) is 0 Å². The third-order valence-electron chi connectivity index (χ3n) is 2.73. The van der Waals surface area contributed by atoms with Gasteiger partial charge < -0.3 is 0 Å². The number of rotatable bonds is 8. The summed E-state index contributed by atoms with van der Waals surface area (Å²) in [5.74, 6) is 0.294. The molecule has 1 rings (SSSR count). The van der Waals surface area contributed by atoms with Gasteiger partial charge in [0, 0.05) is 0 Å². The maximum Gasteiger partial charge on any atom is 0.180 e. The zero-order valence-electron chi connectivity index (χ0n) is 10.4. The van der Waals surface area contributed by atoms with Crippen LogP contribution in [-0.4, -0.2) is 14.2 Å². The number of hydrogen-bond acceptors (Lipinski definition) is 3. The lowest BCUT2D eigenvalue weighted by atomic mass is 10.1. The molecule has 1 aromatic heterocycles. The van der Waals surface area contributed by atoms with Crippen molar-refractivity contribution in [2.75, 3.05) is 5.75 Å². The molecule has 0 radical (unpaired) electrons. The second-order valence-electron chi connectivity index (χ2n) is 4.28. The Morgan fingerprint density at radius 1 is 1.11 bits per heavy atom. The second-order valence-corrected chi connectivity index (χ2v) is 11.1. The van der Waals surface area contributed by atoms with Gasteiger partial charge in [-0.05, 0) is 57.7 Å². The zero-order valence-corrected chi connectivity index (χ0v) is 16.4. The molecule has 6 heteroatoms. The first kappa shape index (κ1) is 17.2. The summed E-state index contributed by atoms with van der Waals surface area (Å²) < 4.78 is 26.2. The lowest BCUT2D eigenvalue weighted by Crippen LogP contribution is -2.07. The molecule has 18 heavy (non-hydrogen) atoms. The Kier molecular flexibility index (Phi) is 8.02. The van der Waals surface area contributed by atoms with Gasteiger partial charge in [0.15, 0.2) is 9.84 Å². The Labute approximate surface area is 141 Å². The smallest absolute Gasteiger partial charge is 0.180 e. The Hall–Kier alpha value is 1.11. The molecule has 0 atom stereocenters. The molecule has 1 aromatic rings. The molecule has 104 valence electrons. The topological polar surface area (TPSA) is 34.1 Å². The minimum Gasteiger partial charge on any atom is -0.224 e. The molecule has 0 aliphatic carbocycles. The van der Waals surface area contributed by atoms with E-state index in [-0.39, 0.29) is 0 Å². The number of halogens is 2. The van der Waals surface area contributed by atoms with Gasteiger partial charge in [-0.3, -0.25) is 0 Å². The summed E-state index contributed by atoms with van der Waals surface area (Å²) >= 11 is 5.84. The van der Waals surface area contributed by atoms with E-state index in [0.717, 1.165) is 25.0 Å². The number of unbranched alkanes of at least 4 members (excludes halogenated alkanes) is 5. The molecule has 0 saturated heterocycles. The van der Waals surface area contributed by atoms with Crippen molar-refractivity contribution in [3.63, 3.8) is 0 Å². The van der Waals surface area contributed by atoms with Gasteiger partial charge in [-0.2, -0.15) is 0 Å². The molecule has 0 bridgehead atoms. The van der Waals surface area contributed by atoms with E-state index in [1.807, 2.05) is 0 Å². The third-order valence-corrected chi connectivity index (χ3v) is 7.97. The van der Waals surface area contributed by atoms with E-state index in [1.165, 1.54) is 19.3 Å². The minimum absolute atomic E-state index is 0.294. The van der Waals surface area contributed by atoms with Gasteiger partial charge in [0.1, 0.15) is 0 Å². The predicted octanol–water partition coefficient (Wildman–Crippen LogP) is 5.09. The van der Waals surface area contributed by atoms with E-state index in [2.05, 4.69) is 52.1 Å². The van der Waals surface area contributed by atoms with Crippen LogP contribution in [0.15, 0.2) is 11.0 Å². The van der Waals surface area contributed by atoms with E-state index < -0.39 is 9.84 Å². The summed E-state index contributed by atoms with van der Waals surface area (Å²) in [6.07, 6.45) is 6.68. The summed E-state index contributed by atoms with van der Waals surface area (Å²) in [5.41, 5.74) is 0. The van der Waals surface area contributed by atoms with Gasteiger partial charge in [-0.25, -0.2) is 8.42 Å². The van der Waals surface area contributed by atoms with E-state index in [1.54, 1.807) is 17.4 Å². The fraction of sp³-hybridized carbons (Fsp3) is 0.667. The summed E-state index contributed by atoms with van der Waals surface area (Å²) in [6, 6.07) is 1.79. The van der Waals surface area contributed by atoms with Crippen molar-refractivity contribution in [1.29, 1.82) is 0 Å². The van der Waals surface area contributed by atoms with Crippen LogP contribution >= 0.6 is 56.5 Å². The molecule has 0 aliphatic rings. The molecule has 0 aliphatic heterocycles. The molecule has 0 aromatic carbocycles. The summed E-state index contributed by atoms with van der Waals surface area (Å²) in [6.45, 7) is 2.19. The fourth-order valence-electron chi connectivity index (χ4n) is 1.72. The highest BCUT2D eigenvalue weighted by atomic mass is 127. The molecular formula is C12H18I2O2S2. The van der Waals surface area contributed by atoms with Gasteiger partial charge in [0.05, 0.1) is 16.4 Å². The molecular weight excluding hydrogens is 494 g/mol. The predicted molar refractivity (Wildman–Crippen MR) is 95.2 cm³/mol. The molecule has 0 saturated carbocycles. The SMILES string of the molecule is CCCCCCCCS(=O)(=O)c1cc(I)sc1I. The van der Waals surface area contributed by atoms with Gasteiger partial charge in [-0.1, -0.05) is 39.0 Å². The van der Waals surface area contributed by atoms with E-state index in [4.69, 9.17) is 0 Å². The Morgan fingerprint density at radius 2 is 1.72 bits per heavy atom. The maximum absolute atomic E-state index is 12.2. The first-order chi connectivity index (χ1) is 8.47. The summed E-state index contributed by atoms with van der Waals surface area (Å²) in [5, 5.41) is 0. The summed E-state index contributed by atoms with van der Waals surface area (Å²) in [7, 11) is -3.06. The molecule has 0 fully saturated rings. The fourth-order valence-corrected chi connectivity index (χ4v) is 8.47. The normalized spacial score (nSPS) is 11.9. The van der Waals surface area contributed by atoms with Crippen molar-refractivity contribution < 1.29 is 8.42 Å². The van der Waals surface area contributed by atoms with Gasteiger partial charge in [0.25, 0.3) is 0 Å². The lowest BCUT2D eigenvalue weighted by Gasteiger charge is -2.03. The van der Waals surface area contributed by atoms with Crippen LogP contribution in [0.2, 0.25) is 0 Å². The highest BCUT2D eigenvalue weighted by Crippen LogP contribution is 2.30. The minimum atomic E-state index is -3.06. The molecule has 0 amide bonds. The van der Waals surface area contributed by atoms with Gasteiger partial charge in [0.2, 0.25) is 0 Å². The van der Waals surface area contributed by atoms with Crippen molar-refractivity contribution in [2.45, 2.75) is 50.3 Å². The highest BCUT2D eigenvalue weighted by Gasteiger charge is 2.19. The number of sulfone groups is 1. The monoisotopic (exact) mass is 512 g/mol. The highest BCUT2D eigenvalue weighted by molar-refractivity contribution is 14.1. The van der Waals surface area contributed by atoms with Crippen molar-refractivity contribution >= 4 is 66.4 Å². The molecule has 0 unspecified atom stereocenters. The number of hydrogen-bond donors (Lipinski definition) is 0. The van der Waals surface area contributed by atoms with Crippen LogP contribution in [0.5, 0.6) is 0 Å². The first-order valence-electron chi connectivity index (χ1n) is 6.15. The first-order valence-corrected chi connectivity index (χ1v) is 10.8. The van der Waals surface area contributed by atoms with Crippen LogP contribution in [0, 0.1) is 5.77 Å². The average Bonchev–Trinajstić information content (AvgIpc) is 2.63. The van der Waals surface area contributed by atoms with Gasteiger partial charge in [-0.15, -0.1) is 11.3 Å². The maximum atomic E-state index is 12.2. The summed E-state index contributed by atoms with van der Waals surface area (Å²) in [4.78, 5) is 0.533. The van der Waals surface area contributed by atoms with E-state index >= 15 is 0 Å². The van der Waals surface area contributed by atoms with Crippen LogP contribution < -0.4 is 0 Å². The quantitative estimate of drug-likeness (QED) is 0.360. The van der Waals surface area contributed by atoms with E-state index in [9.17, 15) is 8.42 Å². The van der Waals surface area contributed by atoms with E-state index in [0.29, 0.717) is 10.6 Å². The van der Waals surface area contributed by atoms with Crippen molar-refractivity contribution in [2.24, 2.45) is 0 Å². The van der Waals surface area contributed by atoms with Crippen molar-refractivity contribution in [1.82, 2.24) is 0 Å². The lowest BCUT2D eigenvalue weighted by molar-refractivity contribution is 0.583. The van der Waals surface area contributed by atoms with Crippen molar-refractivity contribution in [3.8, 4) is 0 Å². The molecule has 1 heterocycles. The van der Waals surface area contributed by atoms with Crippen LogP contribution in [0.3, 0.4) is 0 Å². The van der Waals surface area contributed by atoms with Gasteiger partial charge >= 0.3 is 0 Å². The number of thiophene rings is 1. The second kappa shape index (κ2) is 8.41. The molecule has 0 N–H and O–H groups in total. The molecule has 2 nitrogen and oxygen atoms in total. The Morgan fingerprint density at radius 3 is 2.28 bits per heavy atom. The molecule has 0 spiro atoms. The largest absolute Gasteiger partial charge is 0.224 e. The Bertz CT molecular complexity index is 466. The standard InChI is InChI=1S/C12H18I2O2S2/c1-2-3-4-5-6-7-8-18(15,16)10-9-11(13)17-12(10)14/h9H,2-8H2,1H3. The zero-order chi connectivity index (χ0) is 13.6. The van der Waals surface area contributed by atoms with Crippen LogP contribution in [0.1, 0.15) is 45.4 Å².